The zero-order valence-electron chi connectivity index (χ0n) is 13.7. The van der Waals surface area contributed by atoms with Gasteiger partial charge < -0.3 is 14.5 Å². The number of pyridine rings is 1. The van der Waals surface area contributed by atoms with Crippen molar-refractivity contribution in [3.63, 3.8) is 0 Å². The van der Waals surface area contributed by atoms with Crippen LogP contribution in [-0.2, 0) is 9.53 Å². The Bertz CT molecular complexity index is 772. The first-order valence-electron chi connectivity index (χ1n) is 8.19. The summed E-state index contributed by atoms with van der Waals surface area (Å²) in [5, 5.41) is 12.3. The van der Waals surface area contributed by atoms with Crippen molar-refractivity contribution < 1.29 is 9.53 Å². The minimum atomic E-state index is -0.0874. The molecule has 126 valence electrons. The fraction of sp³-hybridized carbons (Fsp3) is 0.444. The number of aromatic nitrogens is 1. The van der Waals surface area contributed by atoms with Gasteiger partial charge in [0.1, 0.15) is 11.9 Å². The molecule has 1 aliphatic rings. The van der Waals surface area contributed by atoms with E-state index in [9.17, 15) is 10.1 Å². The molecule has 0 aliphatic carbocycles. The standard InChI is InChI=1S/C18H21N3O2S/c1-13-15(10-19)18(21-8-4-2-7-16(13)21)20-17(22)12-24-11-14-6-3-5-9-23-14/h2,4,7-8,14H,3,5-6,9,11-12H2,1H3,(H,20,22). The fourth-order valence-corrected chi connectivity index (χ4v) is 3.92. The lowest BCUT2D eigenvalue weighted by atomic mass is 10.1. The second-order valence-corrected chi connectivity index (χ2v) is 7.00. The molecule has 1 amide bonds. The van der Waals surface area contributed by atoms with Crippen molar-refractivity contribution in [2.24, 2.45) is 0 Å². The first-order chi connectivity index (χ1) is 11.7. The Morgan fingerprint density at radius 1 is 1.50 bits per heavy atom. The molecule has 3 rings (SSSR count). The number of hydrogen-bond donors (Lipinski definition) is 1. The van der Waals surface area contributed by atoms with Gasteiger partial charge in [-0.3, -0.25) is 4.79 Å². The van der Waals surface area contributed by atoms with Crippen LogP contribution in [0.1, 0.15) is 30.4 Å². The number of nitriles is 1. The number of nitrogens with one attached hydrogen (secondary N) is 1. The van der Waals surface area contributed by atoms with E-state index >= 15 is 0 Å². The van der Waals surface area contributed by atoms with E-state index in [4.69, 9.17) is 4.74 Å². The van der Waals surface area contributed by atoms with E-state index in [1.807, 2.05) is 35.7 Å². The average molecular weight is 343 g/mol. The highest BCUT2D eigenvalue weighted by Crippen LogP contribution is 2.26. The molecule has 6 heteroatoms. The van der Waals surface area contributed by atoms with Crippen molar-refractivity contribution in [1.29, 1.82) is 5.26 Å². The number of ether oxygens (including phenoxy) is 1. The summed E-state index contributed by atoms with van der Waals surface area (Å²) in [7, 11) is 0. The molecule has 1 unspecified atom stereocenters. The van der Waals surface area contributed by atoms with E-state index in [0.29, 0.717) is 17.1 Å². The molecule has 0 saturated carbocycles. The maximum Gasteiger partial charge on any atom is 0.235 e. The quantitative estimate of drug-likeness (QED) is 0.904. The lowest BCUT2D eigenvalue weighted by Crippen LogP contribution is -2.23. The van der Waals surface area contributed by atoms with Gasteiger partial charge in [-0.05, 0) is 43.9 Å². The number of anilines is 1. The number of aryl methyl sites for hydroxylation is 1. The van der Waals surface area contributed by atoms with Crippen LogP contribution in [-0.4, -0.2) is 34.5 Å². The summed E-state index contributed by atoms with van der Waals surface area (Å²) < 4.78 is 7.54. The molecule has 0 radical (unpaired) electrons. The summed E-state index contributed by atoms with van der Waals surface area (Å²) in [4.78, 5) is 12.3. The Morgan fingerprint density at radius 2 is 2.38 bits per heavy atom. The topological polar surface area (TPSA) is 66.5 Å². The van der Waals surface area contributed by atoms with Crippen molar-refractivity contribution in [2.75, 3.05) is 23.4 Å². The molecule has 1 saturated heterocycles. The van der Waals surface area contributed by atoms with Crippen LogP contribution < -0.4 is 5.32 Å². The number of nitrogens with zero attached hydrogens (tertiary/aromatic N) is 2. The largest absolute Gasteiger partial charge is 0.377 e. The molecule has 2 aromatic rings. The summed E-state index contributed by atoms with van der Waals surface area (Å²) in [5.41, 5.74) is 2.35. The minimum absolute atomic E-state index is 0.0874. The lowest BCUT2D eigenvalue weighted by molar-refractivity contribution is -0.113. The number of fused-ring (bicyclic) bond motifs is 1. The van der Waals surface area contributed by atoms with Crippen LogP contribution in [0.3, 0.4) is 0 Å². The predicted octanol–water partition coefficient (Wildman–Crippen LogP) is 3.36. The molecular formula is C18H21N3O2S. The van der Waals surface area contributed by atoms with E-state index in [0.717, 1.165) is 36.3 Å². The number of carbonyl (C=O) groups is 1. The molecule has 0 bridgehead atoms. The van der Waals surface area contributed by atoms with Crippen LogP contribution in [0.15, 0.2) is 24.4 Å². The van der Waals surface area contributed by atoms with Gasteiger partial charge in [-0.1, -0.05) is 6.07 Å². The molecule has 1 atom stereocenters. The number of amides is 1. The van der Waals surface area contributed by atoms with Gasteiger partial charge in [-0.25, -0.2) is 0 Å². The first-order valence-corrected chi connectivity index (χ1v) is 9.35. The van der Waals surface area contributed by atoms with Crippen LogP contribution in [0.4, 0.5) is 5.82 Å². The van der Waals surface area contributed by atoms with Gasteiger partial charge in [0.25, 0.3) is 0 Å². The molecule has 24 heavy (non-hydrogen) atoms. The maximum absolute atomic E-state index is 12.3. The highest BCUT2D eigenvalue weighted by atomic mass is 32.2. The van der Waals surface area contributed by atoms with E-state index in [1.54, 1.807) is 11.8 Å². The van der Waals surface area contributed by atoms with Crippen molar-refractivity contribution in [3.05, 3.63) is 35.5 Å². The fourth-order valence-electron chi connectivity index (χ4n) is 3.02. The first kappa shape index (κ1) is 16.9. The summed E-state index contributed by atoms with van der Waals surface area (Å²) in [6.07, 6.45) is 5.55. The molecule has 1 aliphatic heterocycles. The summed E-state index contributed by atoms with van der Waals surface area (Å²) in [6, 6.07) is 7.96. The van der Waals surface area contributed by atoms with E-state index in [-0.39, 0.29) is 12.0 Å². The number of thioether (sulfide) groups is 1. The lowest BCUT2D eigenvalue weighted by Gasteiger charge is -2.21. The van der Waals surface area contributed by atoms with Gasteiger partial charge >= 0.3 is 0 Å². The zero-order chi connectivity index (χ0) is 16.9. The van der Waals surface area contributed by atoms with Crippen molar-refractivity contribution in [1.82, 2.24) is 4.40 Å². The van der Waals surface area contributed by atoms with Gasteiger partial charge in [0.15, 0.2) is 0 Å². The van der Waals surface area contributed by atoms with Crippen molar-refractivity contribution in [3.8, 4) is 6.07 Å². The van der Waals surface area contributed by atoms with E-state index in [1.165, 1.54) is 6.42 Å². The molecule has 1 fully saturated rings. The molecule has 3 heterocycles. The summed E-state index contributed by atoms with van der Waals surface area (Å²) >= 11 is 1.58. The van der Waals surface area contributed by atoms with E-state index in [2.05, 4.69) is 11.4 Å². The third-order valence-electron chi connectivity index (χ3n) is 4.28. The van der Waals surface area contributed by atoms with Crippen molar-refractivity contribution in [2.45, 2.75) is 32.3 Å². The maximum atomic E-state index is 12.3. The average Bonchev–Trinajstić information content (AvgIpc) is 2.88. The smallest absolute Gasteiger partial charge is 0.235 e. The Hall–Kier alpha value is -1.97. The van der Waals surface area contributed by atoms with Gasteiger partial charge in [-0.2, -0.15) is 5.26 Å². The van der Waals surface area contributed by atoms with Crippen molar-refractivity contribution >= 4 is 29.0 Å². The van der Waals surface area contributed by atoms with Crippen LogP contribution in [0.25, 0.3) is 5.52 Å². The second-order valence-electron chi connectivity index (χ2n) is 5.97. The monoisotopic (exact) mass is 343 g/mol. The van der Waals surface area contributed by atoms with Crippen LogP contribution in [0.5, 0.6) is 0 Å². The molecule has 2 aromatic heterocycles. The SMILES string of the molecule is Cc1c(C#N)c(NC(=O)CSCC2CCCCO2)n2ccccc12. The third-order valence-corrected chi connectivity index (χ3v) is 5.35. The summed E-state index contributed by atoms with van der Waals surface area (Å²) in [5.74, 6) is 1.68. The van der Waals surface area contributed by atoms with Crippen LogP contribution in [0.2, 0.25) is 0 Å². The minimum Gasteiger partial charge on any atom is -0.377 e. The Labute approximate surface area is 146 Å². The number of rotatable bonds is 5. The Kier molecular flexibility index (Phi) is 5.44. The number of hydrogen-bond acceptors (Lipinski definition) is 4. The predicted molar refractivity (Wildman–Crippen MR) is 96.4 cm³/mol. The molecular weight excluding hydrogens is 322 g/mol. The van der Waals surface area contributed by atoms with Gasteiger partial charge in [0.2, 0.25) is 5.91 Å². The van der Waals surface area contributed by atoms with Gasteiger partial charge in [0.05, 0.1) is 22.9 Å². The van der Waals surface area contributed by atoms with Crippen LogP contribution in [0, 0.1) is 18.3 Å². The molecule has 0 spiro atoms. The second kappa shape index (κ2) is 7.73. The summed E-state index contributed by atoms with van der Waals surface area (Å²) in [6.45, 7) is 2.73. The molecule has 5 nitrogen and oxygen atoms in total. The van der Waals surface area contributed by atoms with Gasteiger partial charge in [0, 0.05) is 18.6 Å². The highest BCUT2D eigenvalue weighted by molar-refractivity contribution is 8.00. The Morgan fingerprint density at radius 3 is 3.12 bits per heavy atom. The molecule has 0 aromatic carbocycles. The van der Waals surface area contributed by atoms with E-state index < -0.39 is 0 Å². The number of carbonyl (C=O) groups excluding carboxylic acids is 1. The Balaban J connectivity index is 1.64. The van der Waals surface area contributed by atoms with Gasteiger partial charge in [-0.15, -0.1) is 11.8 Å². The normalized spacial score (nSPS) is 17.6. The highest BCUT2D eigenvalue weighted by Gasteiger charge is 2.18. The molecule has 1 N–H and O–H groups in total. The zero-order valence-corrected chi connectivity index (χ0v) is 14.6. The van der Waals surface area contributed by atoms with Crippen LogP contribution >= 0.6 is 11.8 Å². The third kappa shape index (κ3) is 3.58.